The van der Waals surface area contributed by atoms with Crippen molar-refractivity contribution in [3.05, 3.63) is 59.7 Å². The standard InChI is InChI=1S/C18H23FN4O/c1-12-16(10-17(24)20-11-15-4-3-9-23(15)2)18(22-21-12)13-5-7-14(19)8-6-13/h3-9,12,16,18,21-22H,10-11H2,1-2H3,(H,20,24). The van der Waals surface area contributed by atoms with Crippen molar-refractivity contribution in [1.82, 2.24) is 20.7 Å². The molecule has 2 aromatic rings. The predicted molar refractivity (Wildman–Crippen MR) is 90.2 cm³/mol. The van der Waals surface area contributed by atoms with E-state index in [2.05, 4.69) is 16.2 Å². The van der Waals surface area contributed by atoms with E-state index in [-0.39, 0.29) is 29.7 Å². The quantitative estimate of drug-likeness (QED) is 0.786. The van der Waals surface area contributed by atoms with Crippen molar-refractivity contribution in [2.75, 3.05) is 0 Å². The van der Waals surface area contributed by atoms with E-state index in [1.165, 1.54) is 12.1 Å². The van der Waals surface area contributed by atoms with Gasteiger partial charge in [-0.2, -0.15) is 0 Å². The van der Waals surface area contributed by atoms with Gasteiger partial charge in [-0.05, 0) is 36.8 Å². The van der Waals surface area contributed by atoms with Gasteiger partial charge in [-0.25, -0.2) is 9.82 Å². The van der Waals surface area contributed by atoms with Crippen molar-refractivity contribution < 1.29 is 9.18 Å². The van der Waals surface area contributed by atoms with Gasteiger partial charge in [-0.15, -0.1) is 0 Å². The molecule has 128 valence electrons. The topological polar surface area (TPSA) is 58.1 Å². The normalized spacial score (nSPS) is 23.4. The minimum atomic E-state index is -0.255. The van der Waals surface area contributed by atoms with E-state index in [0.29, 0.717) is 13.0 Å². The zero-order chi connectivity index (χ0) is 17.1. The van der Waals surface area contributed by atoms with E-state index in [4.69, 9.17) is 0 Å². The van der Waals surface area contributed by atoms with E-state index in [0.717, 1.165) is 11.3 Å². The minimum Gasteiger partial charge on any atom is -0.353 e. The second kappa shape index (κ2) is 7.15. The molecule has 0 bridgehead atoms. The van der Waals surface area contributed by atoms with Crippen LogP contribution in [-0.2, 0) is 18.4 Å². The Morgan fingerprint density at radius 1 is 1.25 bits per heavy atom. The first-order chi connectivity index (χ1) is 11.5. The smallest absolute Gasteiger partial charge is 0.220 e. The van der Waals surface area contributed by atoms with Crippen molar-refractivity contribution in [2.24, 2.45) is 13.0 Å². The van der Waals surface area contributed by atoms with Gasteiger partial charge in [0.05, 0.1) is 12.6 Å². The van der Waals surface area contributed by atoms with E-state index < -0.39 is 0 Å². The average Bonchev–Trinajstić information content (AvgIpc) is 3.13. The molecule has 1 aromatic carbocycles. The first-order valence-corrected chi connectivity index (χ1v) is 8.18. The van der Waals surface area contributed by atoms with Gasteiger partial charge in [0.2, 0.25) is 5.91 Å². The summed E-state index contributed by atoms with van der Waals surface area (Å²) in [5.41, 5.74) is 8.45. The van der Waals surface area contributed by atoms with Gasteiger partial charge >= 0.3 is 0 Å². The molecule has 24 heavy (non-hydrogen) atoms. The second-order valence-corrected chi connectivity index (χ2v) is 6.36. The van der Waals surface area contributed by atoms with E-state index in [1.54, 1.807) is 12.1 Å². The zero-order valence-corrected chi connectivity index (χ0v) is 13.9. The molecule has 1 aliphatic heterocycles. The second-order valence-electron chi connectivity index (χ2n) is 6.36. The zero-order valence-electron chi connectivity index (χ0n) is 13.9. The molecular weight excluding hydrogens is 307 g/mol. The number of rotatable bonds is 5. The van der Waals surface area contributed by atoms with Crippen molar-refractivity contribution in [1.29, 1.82) is 0 Å². The number of hydrazine groups is 1. The third kappa shape index (κ3) is 3.66. The molecule has 6 heteroatoms. The number of halogens is 1. The van der Waals surface area contributed by atoms with Gasteiger partial charge in [-0.1, -0.05) is 12.1 Å². The Kier molecular flexibility index (Phi) is 4.97. The molecular formula is C18H23FN4O. The Balaban J connectivity index is 1.62. The van der Waals surface area contributed by atoms with Crippen LogP contribution in [-0.4, -0.2) is 16.5 Å². The van der Waals surface area contributed by atoms with Crippen molar-refractivity contribution in [2.45, 2.75) is 32.0 Å². The summed E-state index contributed by atoms with van der Waals surface area (Å²) < 4.78 is 15.1. The number of benzene rings is 1. The molecule has 3 atom stereocenters. The number of hydrogen-bond acceptors (Lipinski definition) is 3. The number of carbonyl (C=O) groups is 1. The third-order valence-electron chi connectivity index (χ3n) is 4.71. The number of aromatic nitrogens is 1. The van der Waals surface area contributed by atoms with Crippen LogP contribution in [0.5, 0.6) is 0 Å². The Labute approximate surface area is 141 Å². The Bertz CT molecular complexity index is 697. The summed E-state index contributed by atoms with van der Waals surface area (Å²) in [6.07, 6.45) is 2.37. The molecule has 3 N–H and O–H groups in total. The number of amides is 1. The van der Waals surface area contributed by atoms with E-state index in [9.17, 15) is 9.18 Å². The number of nitrogens with zero attached hydrogens (tertiary/aromatic N) is 1. The predicted octanol–water partition coefficient (Wildman–Crippen LogP) is 2.02. The highest BCUT2D eigenvalue weighted by Gasteiger charge is 2.35. The monoisotopic (exact) mass is 330 g/mol. The van der Waals surface area contributed by atoms with Crippen LogP contribution in [0.4, 0.5) is 4.39 Å². The summed E-state index contributed by atoms with van der Waals surface area (Å²) >= 11 is 0. The lowest BCUT2D eigenvalue weighted by Gasteiger charge is -2.21. The summed E-state index contributed by atoms with van der Waals surface area (Å²) in [5, 5.41) is 2.98. The molecule has 0 saturated carbocycles. The molecule has 1 aromatic heterocycles. The molecule has 3 unspecified atom stereocenters. The molecule has 1 saturated heterocycles. The van der Waals surface area contributed by atoms with Crippen LogP contribution in [0, 0.1) is 11.7 Å². The van der Waals surface area contributed by atoms with Gasteiger partial charge < -0.3 is 9.88 Å². The van der Waals surface area contributed by atoms with Gasteiger partial charge in [-0.3, -0.25) is 10.2 Å². The summed E-state index contributed by atoms with van der Waals surface area (Å²) in [6.45, 7) is 2.57. The fourth-order valence-corrected chi connectivity index (χ4v) is 3.17. The molecule has 3 rings (SSSR count). The van der Waals surface area contributed by atoms with Gasteiger partial charge in [0.25, 0.3) is 0 Å². The molecule has 1 amide bonds. The van der Waals surface area contributed by atoms with Crippen LogP contribution in [0.15, 0.2) is 42.6 Å². The third-order valence-corrected chi connectivity index (χ3v) is 4.71. The lowest BCUT2D eigenvalue weighted by Crippen LogP contribution is -2.31. The number of nitrogens with one attached hydrogen (secondary N) is 3. The Morgan fingerprint density at radius 3 is 2.67 bits per heavy atom. The summed E-state index contributed by atoms with van der Waals surface area (Å²) in [4.78, 5) is 12.3. The van der Waals surface area contributed by atoms with E-state index in [1.807, 2.05) is 36.9 Å². The largest absolute Gasteiger partial charge is 0.353 e. The van der Waals surface area contributed by atoms with Gasteiger partial charge in [0.15, 0.2) is 0 Å². The first kappa shape index (κ1) is 16.7. The van der Waals surface area contributed by atoms with Crippen LogP contribution < -0.4 is 16.2 Å². The van der Waals surface area contributed by atoms with Gasteiger partial charge in [0.1, 0.15) is 5.82 Å². The lowest BCUT2D eigenvalue weighted by atomic mass is 9.87. The highest BCUT2D eigenvalue weighted by Crippen LogP contribution is 2.31. The lowest BCUT2D eigenvalue weighted by molar-refractivity contribution is -0.122. The number of aryl methyl sites for hydroxylation is 1. The maximum Gasteiger partial charge on any atom is 0.220 e. The van der Waals surface area contributed by atoms with Gasteiger partial charge in [0, 0.05) is 37.3 Å². The molecule has 0 aliphatic carbocycles. The van der Waals surface area contributed by atoms with Crippen molar-refractivity contribution in [3.63, 3.8) is 0 Å². The van der Waals surface area contributed by atoms with Crippen LogP contribution in [0.3, 0.4) is 0 Å². The minimum absolute atomic E-state index is 0.0126. The average molecular weight is 330 g/mol. The van der Waals surface area contributed by atoms with Crippen molar-refractivity contribution in [3.8, 4) is 0 Å². The first-order valence-electron chi connectivity index (χ1n) is 8.18. The number of hydrogen-bond donors (Lipinski definition) is 3. The highest BCUT2D eigenvalue weighted by atomic mass is 19.1. The molecule has 2 heterocycles. The summed E-state index contributed by atoms with van der Waals surface area (Å²) in [6, 6.07) is 10.5. The highest BCUT2D eigenvalue weighted by molar-refractivity contribution is 5.76. The maximum absolute atomic E-state index is 13.1. The van der Waals surface area contributed by atoms with Crippen LogP contribution >= 0.6 is 0 Å². The van der Waals surface area contributed by atoms with Crippen LogP contribution in [0.1, 0.15) is 30.6 Å². The number of carbonyl (C=O) groups excluding carboxylic acids is 1. The maximum atomic E-state index is 13.1. The fourth-order valence-electron chi connectivity index (χ4n) is 3.17. The summed E-state index contributed by atoms with van der Waals surface area (Å²) in [5.74, 6) is -0.135. The van der Waals surface area contributed by atoms with Crippen LogP contribution in [0.25, 0.3) is 0 Å². The molecule has 5 nitrogen and oxygen atoms in total. The fraction of sp³-hybridized carbons (Fsp3) is 0.389. The molecule has 1 fully saturated rings. The van der Waals surface area contributed by atoms with E-state index >= 15 is 0 Å². The molecule has 0 radical (unpaired) electrons. The SMILES string of the molecule is CC1NNC(c2ccc(F)cc2)C1CC(=O)NCc1cccn1C. The van der Waals surface area contributed by atoms with Crippen molar-refractivity contribution >= 4 is 5.91 Å². The summed E-state index contributed by atoms with van der Waals surface area (Å²) in [7, 11) is 1.96. The molecule has 0 spiro atoms. The Morgan fingerprint density at radius 2 is 2.00 bits per heavy atom. The molecule has 1 aliphatic rings. The van der Waals surface area contributed by atoms with Crippen LogP contribution in [0.2, 0.25) is 0 Å². The Hall–Kier alpha value is -2.18.